The Morgan fingerprint density at radius 2 is 2.17 bits per heavy atom. The zero-order chi connectivity index (χ0) is 19.4. The number of hydrogen-bond donors (Lipinski definition) is 4. The zero-order valence-corrected chi connectivity index (χ0v) is 18.0. The molecule has 30 heavy (non-hydrogen) atoms. The molecule has 0 aliphatic carbocycles. The van der Waals surface area contributed by atoms with Gasteiger partial charge in [0.2, 0.25) is 0 Å². The molecule has 1 aromatic carbocycles. The summed E-state index contributed by atoms with van der Waals surface area (Å²) >= 11 is 0. The van der Waals surface area contributed by atoms with Gasteiger partial charge in [-0.2, -0.15) is 0 Å². The molecule has 2 aromatic rings. The molecule has 1 amide bonds. The highest BCUT2D eigenvalue weighted by atomic mass is 35.5. The van der Waals surface area contributed by atoms with E-state index in [0.717, 1.165) is 56.1 Å². The number of nitrogens with zero attached hydrogens (tertiary/aromatic N) is 1. The highest BCUT2D eigenvalue weighted by molar-refractivity contribution is 5.90. The summed E-state index contributed by atoms with van der Waals surface area (Å²) in [5, 5.41) is 15.6. The maximum Gasteiger partial charge on any atom is 0.267 e. The number of aromatic nitrogens is 1. The van der Waals surface area contributed by atoms with Gasteiger partial charge in [0.05, 0.1) is 12.1 Å². The molecule has 0 spiro atoms. The molecule has 4 rings (SSSR count). The molecule has 0 bridgehead atoms. The Bertz CT molecular complexity index is 884. The molecule has 3 heterocycles. The van der Waals surface area contributed by atoms with Gasteiger partial charge in [-0.25, -0.2) is 10.5 Å². The molecule has 1 atom stereocenters. The second kappa shape index (κ2) is 10.6. The highest BCUT2D eigenvalue weighted by Gasteiger charge is 2.34. The van der Waals surface area contributed by atoms with Crippen LogP contribution in [-0.2, 0) is 17.6 Å². The lowest BCUT2D eigenvalue weighted by Crippen LogP contribution is -2.43. The van der Waals surface area contributed by atoms with Gasteiger partial charge in [-0.1, -0.05) is 12.1 Å². The van der Waals surface area contributed by atoms with Crippen molar-refractivity contribution in [3.05, 3.63) is 59.3 Å². The van der Waals surface area contributed by atoms with Gasteiger partial charge >= 0.3 is 0 Å². The van der Waals surface area contributed by atoms with Crippen molar-refractivity contribution in [1.82, 2.24) is 15.8 Å². The fourth-order valence-electron chi connectivity index (χ4n) is 3.84. The first-order valence-electron chi connectivity index (χ1n) is 9.48. The summed E-state index contributed by atoms with van der Waals surface area (Å²) in [4.78, 5) is 15.6. The minimum Gasteiger partial charge on any atom is -0.493 e. The average Bonchev–Trinajstić information content (AvgIpc) is 3.36. The van der Waals surface area contributed by atoms with Crippen LogP contribution in [0.2, 0.25) is 0 Å². The summed E-state index contributed by atoms with van der Waals surface area (Å²) in [6.45, 7) is 2.62. The number of benzene rings is 1. The molecular formula is C21H26Cl2N4O3. The predicted octanol–water partition coefficient (Wildman–Crippen LogP) is 2.77. The molecule has 4 N–H and O–H groups in total. The van der Waals surface area contributed by atoms with Crippen LogP contribution < -0.4 is 20.9 Å². The van der Waals surface area contributed by atoms with Crippen LogP contribution >= 0.6 is 24.8 Å². The minimum absolute atomic E-state index is 0. The first-order valence-corrected chi connectivity index (χ1v) is 9.48. The number of rotatable bonds is 6. The van der Waals surface area contributed by atoms with E-state index in [-0.39, 0.29) is 30.4 Å². The molecule has 9 heteroatoms. The number of amides is 1. The summed E-state index contributed by atoms with van der Waals surface area (Å²) in [5.41, 5.74) is 4.85. The van der Waals surface area contributed by atoms with E-state index in [1.54, 1.807) is 17.8 Å². The third-order valence-corrected chi connectivity index (χ3v) is 5.26. The van der Waals surface area contributed by atoms with Crippen LogP contribution in [0.5, 0.6) is 5.75 Å². The number of ether oxygens (including phenoxy) is 1. The summed E-state index contributed by atoms with van der Waals surface area (Å²) in [5.74, 6) is 1.24. The lowest BCUT2D eigenvalue weighted by molar-refractivity contribution is -0.124. The molecular weight excluding hydrogens is 427 g/mol. The molecule has 162 valence electrons. The topological polar surface area (TPSA) is 95.5 Å². The SMILES string of the molecule is Cl.Cl.O=C(/C=C/c1ccc(N[C@]2(Cc3ccc4c(c3)CCO4)CCNC2)nc1)NO. The lowest BCUT2D eigenvalue weighted by Gasteiger charge is -2.30. The summed E-state index contributed by atoms with van der Waals surface area (Å²) in [6, 6.07) is 10.3. The van der Waals surface area contributed by atoms with E-state index in [1.165, 1.54) is 17.2 Å². The highest BCUT2D eigenvalue weighted by Crippen LogP contribution is 2.30. The average molecular weight is 453 g/mol. The lowest BCUT2D eigenvalue weighted by atomic mass is 9.89. The standard InChI is InChI=1S/C21H24N4O3.2ClH/c26-20(25-27)6-3-15-2-5-19(23-13-15)24-21(8-9-22-14-21)12-16-1-4-18-17(11-16)7-10-28-18;;/h1-6,11,13,22,27H,7-10,12,14H2,(H,23,24)(H,25,26);2*1H/b6-3+;;/t21-;;/m0../s1. The quantitative estimate of drug-likeness (QED) is 0.305. The minimum atomic E-state index is -0.571. The largest absolute Gasteiger partial charge is 0.493 e. The Kier molecular flexibility index (Phi) is 8.49. The fourth-order valence-corrected chi connectivity index (χ4v) is 3.84. The number of pyridine rings is 1. The van der Waals surface area contributed by atoms with Gasteiger partial charge in [0, 0.05) is 25.2 Å². The molecule has 2 aliphatic heterocycles. The summed E-state index contributed by atoms with van der Waals surface area (Å²) in [6.07, 6.45) is 7.46. The molecule has 2 aliphatic rings. The van der Waals surface area contributed by atoms with E-state index in [4.69, 9.17) is 9.94 Å². The number of nitrogens with one attached hydrogen (secondary N) is 3. The van der Waals surface area contributed by atoms with Crippen LogP contribution in [-0.4, -0.2) is 41.3 Å². The van der Waals surface area contributed by atoms with Crippen LogP contribution in [0.15, 0.2) is 42.6 Å². The first kappa shape index (κ1) is 24.0. The summed E-state index contributed by atoms with van der Waals surface area (Å²) < 4.78 is 5.61. The smallest absolute Gasteiger partial charge is 0.267 e. The van der Waals surface area contributed by atoms with Crippen molar-refractivity contribution in [3.8, 4) is 5.75 Å². The van der Waals surface area contributed by atoms with Crippen molar-refractivity contribution < 1.29 is 14.7 Å². The molecule has 1 saturated heterocycles. The summed E-state index contributed by atoms with van der Waals surface area (Å²) in [7, 11) is 0. The Morgan fingerprint density at radius 3 is 2.87 bits per heavy atom. The van der Waals surface area contributed by atoms with Crippen molar-refractivity contribution in [1.29, 1.82) is 0 Å². The number of carbonyl (C=O) groups excluding carboxylic acids is 1. The van der Waals surface area contributed by atoms with Gasteiger partial charge in [0.15, 0.2) is 0 Å². The zero-order valence-electron chi connectivity index (χ0n) is 16.4. The number of hydroxylamine groups is 1. The van der Waals surface area contributed by atoms with Crippen molar-refractivity contribution >= 4 is 42.6 Å². The fraction of sp³-hybridized carbons (Fsp3) is 0.333. The van der Waals surface area contributed by atoms with Gasteiger partial charge in [-0.15, -0.1) is 24.8 Å². The van der Waals surface area contributed by atoms with Crippen LogP contribution in [0.1, 0.15) is 23.1 Å². The van der Waals surface area contributed by atoms with E-state index in [0.29, 0.717) is 0 Å². The Morgan fingerprint density at radius 1 is 1.30 bits per heavy atom. The van der Waals surface area contributed by atoms with E-state index < -0.39 is 5.91 Å². The molecule has 7 nitrogen and oxygen atoms in total. The Labute approximate surface area is 188 Å². The number of hydrogen-bond acceptors (Lipinski definition) is 6. The number of carbonyl (C=O) groups is 1. The van der Waals surface area contributed by atoms with Gasteiger partial charge in [0.1, 0.15) is 11.6 Å². The third kappa shape index (κ3) is 5.64. The normalized spacial score (nSPS) is 19.4. The first-order chi connectivity index (χ1) is 13.7. The van der Waals surface area contributed by atoms with Crippen LogP contribution in [0.25, 0.3) is 6.08 Å². The van der Waals surface area contributed by atoms with Crippen molar-refractivity contribution in [2.24, 2.45) is 0 Å². The van der Waals surface area contributed by atoms with Gasteiger partial charge in [-0.3, -0.25) is 10.0 Å². The van der Waals surface area contributed by atoms with Gasteiger partial charge in [0.25, 0.3) is 5.91 Å². The van der Waals surface area contributed by atoms with Gasteiger partial charge in [-0.05, 0) is 60.4 Å². The van der Waals surface area contributed by atoms with E-state index >= 15 is 0 Å². The predicted molar refractivity (Wildman–Crippen MR) is 121 cm³/mol. The Hall–Kier alpha value is -2.32. The van der Waals surface area contributed by atoms with Crippen molar-refractivity contribution in [2.45, 2.75) is 24.8 Å². The maximum absolute atomic E-state index is 11.1. The monoisotopic (exact) mass is 452 g/mol. The molecule has 0 saturated carbocycles. The number of halogens is 2. The second-order valence-corrected chi connectivity index (χ2v) is 7.34. The second-order valence-electron chi connectivity index (χ2n) is 7.34. The molecule has 0 radical (unpaired) electrons. The van der Waals surface area contributed by atoms with Crippen LogP contribution in [0, 0.1) is 0 Å². The van der Waals surface area contributed by atoms with E-state index in [1.807, 2.05) is 12.1 Å². The molecule has 1 aromatic heterocycles. The number of fused-ring (bicyclic) bond motifs is 1. The maximum atomic E-state index is 11.1. The van der Waals surface area contributed by atoms with Gasteiger partial charge < -0.3 is 15.4 Å². The van der Waals surface area contributed by atoms with Crippen molar-refractivity contribution in [2.75, 3.05) is 25.0 Å². The molecule has 0 unspecified atom stereocenters. The third-order valence-electron chi connectivity index (χ3n) is 5.26. The Balaban J connectivity index is 0.00000160. The molecule has 1 fully saturated rings. The van der Waals surface area contributed by atoms with E-state index in [2.05, 4.69) is 33.8 Å². The number of anilines is 1. The van der Waals surface area contributed by atoms with E-state index in [9.17, 15) is 4.79 Å². The van der Waals surface area contributed by atoms with Crippen LogP contribution in [0.3, 0.4) is 0 Å². The van der Waals surface area contributed by atoms with Crippen molar-refractivity contribution in [3.63, 3.8) is 0 Å². The van der Waals surface area contributed by atoms with Crippen LogP contribution in [0.4, 0.5) is 5.82 Å².